The lowest BCUT2D eigenvalue weighted by molar-refractivity contribution is -0.138. The van der Waals surface area contributed by atoms with Crippen molar-refractivity contribution in [3.05, 3.63) is 18.3 Å². The third-order valence-corrected chi connectivity index (χ3v) is 4.95. The SMILES string of the molecule is CC(C)[C@H](Nc1ccc(S(=O)(=O)NCC2CC2)cn1)C(=O)O. The molecule has 1 aliphatic carbocycles. The van der Waals surface area contributed by atoms with E-state index in [1.54, 1.807) is 13.8 Å². The highest BCUT2D eigenvalue weighted by Crippen LogP contribution is 2.28. The Morgan fingerprint density at radius 3 is 2.55 bits per heavy atom. The second-order valence-corrected chi connectivity index (χ2v) is 7.65. The van der Waals surface area contributed by atoms with Crippen LogP contribution in [0.25, 0.3) is 0 Å². The fourth-order valence-corrected chi connectivity index (χ4v) is 2.99. The molecule has 1 aromatic rings. The van der Waals surface area contributed by atoms with Crippen molar-refractivity contribution < 1.29 is 18.3 Å². The summed E-state index contributed by atoms with van der Waals surface area (Å²) in [4.78, 5) is 15.2. The molecule has 0 bridgehead atoms. The lowest BCUT2D eigenvalue weighted by Crippen LogP contribution is -2.34. The van der Waals surface area contributed by atoms with Gasteiger partial charge in [0.05, 0.1) is 0 Å². The number of aliphatic carboxylic acids is 1. The Kier molecular flexibility index (Phi) is 5.02. The van der Waals surface area contributed by atoms with Crippen molar-refractivity contribution in [3.8, 4) is 0 Å². The predicted octanol–water partition coefficient (Wildman–Crippen LogP) is 1.29. The van der Waals surface area contributed by atoms with Gasteiger partial charge in [-0.15, -0.1) is 0 Å². The van der Waals surface area contributed by atoms with Gasteiger partial charge >= 0.3 is 5.97 Å². The number of hydrogen-bond donors (Lipinski definition) is 3. The molecule has 2 rings (SSSR count). The summed E-state index contributed by atoms with van der Waals surface area (Å²) in [5, 5.41) is 11.9. The first-order valence-electron chi connectivity index (χ1n) is 7.24. The summed E-state index contributed by atoms with van der Waals surface area (Å²) >= 11 is 0. The van der Waals surface area contributed by atoms with E-state index >= 15 is 0 Å². The van der Waals surface area contributed by atoms with Crippen molar-refractivity contribution in [2.75, 3.05) is 11.9 Å². The Morgan fingerprint density at radius 1 is 1.41 bits per heavy atom. The fraction of sp³-hybridized carbons (Fsp3) is 0.571. The number of rotatable bonds is 8. The molecule has 22 heavy (non-hydrogen) atoms. The van der Waals surface area contributed by atoms with E-state index in [1.807, 2.05) is 0 Å². The molecule has 0 aromatic carbocycles. The van der Waals surface area contributed by atoms with Crippen LogP contribution in [0.5, 0.6) is 0 Å². The fourth-order valence-electron chi connectivity index (χ4n) is 1.93. The summed E-state index contributed by atoms with van der Waals surface area (Å²) in [5.41, 5.74) is 0. The van der Waals surface area contributed by atoms with Gasteiger partial charge in [0, 0.05) is 12.7 Å². The Hall–Kier alpha value is -1.67. The summed E-state index contributed by atoms with van der Waals surface area (Å²) in [5.74, 6) is -0.309. The Morgan fingerprint density at radius 2 is 2.09 bits per heavy atom. The Bertz CT molecular complexity index is 624. The highest BCUT2D eigenvalue weighted by molar-refractivity contribution is 7.89. The summed E-state index contributed by atoms with van der Waals surface area (Å²) in [6, 6.07) is 2.12. The third kappa shape index (κ3) is 4.41. The standard InChI is InChI=1S/C14H21N3O4S/c1-9(2)13(14(18)19)17-12-6-5-11(8-15-12)22(20,21)16-7-10-3-4-10/h5-6,8-10,13,16H,3-4,7H2,1-2H3,(H,15,17)(H,18,19)/t13-/m0/s1. The predicted molar refractivity (Wildman–Crippen MR) is 82.0 cm³/mol. The van der Waals surface area contributed by atoms with Crippen LogP contribution in [0.2, 0.25) is 0 Å². The molecule has 1 atom stereocenters. The molecule has 1 saturated carbocycles. The molecule has 1 heterocycles. The molecular weight excluding hydrogens is 306 g/mol. The van der Waals surface area contributed by atoms with E-state index in [0.717, 1.165) is 12.8 Å². The number of anilines is 1. The van der Waals surface area contributed by atoms with Crippen LogP contribution in [0.1, 0.15) is 26.7 Å². The molecule has 8 heteroatoms. The zero-order chi connectivity index (χ0) is 16.3. The van der Waals surface area contributed by atoms with Crippen molar-refractivity contribution >= 4 is 21.8 Å². The van der Waals surface area contributed by atoms with E-state index in [0.29, 0.717) is 18.3 Å². The van der Waals surface area contributed by atoms with Crippen molar-refractivity contribution in [3.63, 3.8) is 0 Å². The number of pyridine rings is 1. The van der Waals surface area contributed by atoms with Gasteiger partial charge in [-0.3, -0.25) is 0 Å². The van der Waals surface area contributed by atoms with Gasteiger partial charge in [0.2, 0.25) is 10.0 Å². The van der Waals surface area contributed by atoms with E-state index < -0.39 is 22.0 Å². The van der Waals surface area contributed by atoms with E-state index in [1.165, 1.54) is 18.3 Å². The van der Waals surface area contributed by atoms with Crippen molar-refractivity contribution in [2.45, 2.75) is 37.6 Å². The molecule has 0 amide bonds. The molecule has 1 aliphatic rings. The average molecular weight is 327 g/mol. The molecule has 1 aromatic heterocycles. The second-order valence-electron chi connectivity index (χ2n) is 5.88. The van der Waals surface area contributed by atoms with Gasteiger partial charge in [-0.25, -0.2) is 22.9 Å². The lowest BCUT2D eigenvalue weighted by Gasteiger charge is -2.18. The van der Waals surface area contributed by atoms with E-state index in [2.05, 4.69) is 15.0 Å². The van der Waals surface area contributed by atoms with Crippen LogP contribution in [0, 0.1) is 11.8 Å². The first-order chi connectivity index (χ1) is 10.3. The van der Waals surface area contributed by atoms with Crippen LogP contribution < -0.4 is 10.0 Å². The zero-order valence-corrected chi connectivity index (χ0v) is 13.4. The molecule has 0 unspecified atom stereocenters. The van der Waals surface area contributed by atoms with Crippen molar-refractivity contribution in [1.82, 2.24) is 9.71 Å². The van der Waals surface area contributed by atoms with Gasteiger partial charge < -0.3 is 10.4 Å². The van der Waals surface area contributed by atoms with E-state index in [-0.39, 0.29) is 10.8 Å². The minimum absolute atomic E-state index is 0.0788. The lowest BCUT2D eigenvalue weighted by atomic mass is 10.1. The highest BCUT2D eigenvalue weighted by atomic mass is 32.2. The zero-order valence-electron chi connectivity index (χ0n) is 12.6. The monoisotopic (exact) mass is 327 g/mol. The quantitative estimate of drug-likeness (QED) is 0.664. The molecule has 1 fully saturated rings. The summed E-state index contributed by atoms with van der Waals surface area (Å²) in [6.07, 6.45) is 3.36. The minimum Gasteiger partial charge on any atom is -0.480 e. The first kappa shape index (κ1) is 16.7. The van der Waals surface area contributed by atoms with Crippen LogP contribution in [0.3, 0.4) is 0 Å². The smallest absolute Gasteiger partial charge is 0.326 e. The topological polar surface area (TPSA) is 108 Å². The van der Waals surface area contributed by atoms with E-state index in [4.69, 9.17) is 5.11 Å². The average Bonchev–Trinajstić information content (AvgIpc) is 3.27. The normalized spacial score (nSPS) is 16.5. The molecule has 0 saturated heterocycles. The van der Waals surface area contributed by atoms with Gasteiger partial charge in [-0.05, 0) is 36.8 Å². The summed E-state index contributed by atoms with van der Waals surface area (Å²) in [7, 11) is -3.55. The largest absolute Gasteiger partial charge is 0.480 e. The van der Waals surface area contributed by atoms with Gasteiger partial charge in [-0.2, -0.15) is 0 Å². The Labute approximate surface area is 130 Å². The number of sulfonamides is 1. The maximum absolute atomic E-state index is 12.0. The first-order valence-corrected chi connectivity index (χ1v) is 8.73. The second kappa shape index (κ2) is 6.62. The van der Waals surface area contributed by atoms with Crippen LogP contribution in [-0.4, -0.2) is 37.1 Å². The maximum Gasteiger partial charge on any atom is 0.326 e. The Balaban J connectivity index is 2.04. The molecule has 0 aliphatic heterocycles. The third-order valence-electron chi connectivity index (χ3n) is 3.54. The number of nitrogens with zero attached hydrogens (tertiary/aromatic N) is 1. The molecule has 3 N–H and O–H groups in total. The van der Waals surface area contributed by atoms with E-state index in [9.17, 15) is 13.2 Å². The van der Waals surface area contributed by atoms with Crippen molar-refractivity contribution in [1.29, 1.82) is 0 Å². The molecule has 122 valence electrons. The molecular formula is C14H21N3O4S. The number of hydrogen-bond acceptors (Lipinski definition) is 5. The van der Waals surface area contributed by atoms with Gasteiger partial charge in [0.15, 0.2) is 0 Å². The molecule has 0 radical (unpaired) electrons. The van der Waals surface area contributed by atoms with Gasteiger partial charge in [0.25, 0.3) is 0 Å². The number of carboxylic acid groups (broad SMARTS) is 1. The van der Waals surface area contributed by atoms with Crippen molar-refractivity contribution in [2.24, 2.45) is 11.8 Å². The van der Waals surface area contributed by atoms with Crippen LogP contribution in [0.4, 0.5) is 5.82 Å². The number of carboxylic acids is 1. The van der Waals surface area contributed by atoms with Crippen LogP contribution >= 0.6 is 0 Å². The minimum atomic E-state index is -3.55. The molecule has 0 spiro atoms. The number of carbonyl (C=O) groups is 1. The van der Waals surface area contributed by atoms with Gasteiger partial charge in [-0.1, -0.05) is 13.8 Å². The highest BCUT2D eigenvalue weighted by Gasteiger charge is 2.25. The van der Waals surface area contributed by atoms with Crippen LogP contribution in [0.15, 0.2) is 23.2 Å². The van der Waals surface area contributed by atoms with Crippen LogP contribution in [-0.2, 0) is 14.8 Å². The maximum atomic E-state index is 12.0. The number of nitrogens with one attached hydrogen (secondary N) is 2. The summed E-state index contributed by atoms with van der Waals surface area (Å²) in [6.45, 7) is 4.02. The molecule has 7 nitrogen and oxygen atoms in total. The number of aromatic nitrogens is 1. The van der Waals surface area contributed by atoms with Gasteiger partial charge in [0.1, 0.15) is 16.8 Å². The summed E-state index contributed by atoms with van der Waals surface area (Å²) < 4.78 is 26.6.